The molecule has 4 aliphatic rings. The molecule has 0 spiro atoms. The normalized spacial score (nSPS) is 29.5. The third kappa shape index (κ3) is 7.51. The standard InChI is InChI=1S/C37H48FN5O10S/c1-6-21-13-20(2)9-7-8-10-22-17-37(22,34(46)42-54(49,50)36(3)11-12-36)41-31(44)27-14-23(19-43(27)33(45)30(21)40-35(47)48)53-32-25-15-26(38)28(51-4)16-24(25)29(52-5)18-39-32/h8,10,15-16,18,20-23,27,30,40H,6-7,9,11-14,17,19H2,1-5H3,(H,41,44)(H,42,46)(H,47,48)/t20-,21+,22+,23+,27-,30-,37+/m0/s1. The lowest BCUT2D eigenvalue weighted by atomic mass is 9.85. The van der Waals surface area contributed by atoms with Gasteiger partial charge in [0.1, 0.15) is 29.5 Å². The molecule has 0 radical (unpaired) electrons. The maximum Gasteiger partial charge on any atom is 0.405 e. The van der Waals surface area contributed by atoms with E-state index in [0.29, 0.717) is 49.7 Å². The average molecular weight is 774 g/mol. The molecule has 2 aliphatic carbocycles. The smallest absolute Gasteiger partial charge is 0.405 e. The molecule has 3 fully saturated rings. The van der Waals surface area contributed by atoms with E-state index in [0.717, 1.165) is 0 Å². The minimum atomic E-state index is -4.04. The van der Waals surface area contributed by atoms with E-state index in [1.165, 1.54) is 37.4 Å². The Morgan fingerprint density at radius 1 is 1.13 bits per heavy atom. The zero-order chi connectivity index (χ0) is 39.2. The molecule has 2 saturated carbocycles. The van der Waals surface area contributed by atoms with Crippen LogP contribution >= 0.6 is 0 Å². The van der Waals surface area contributed by atoms with E-state index in [1.807, 2.05) is 26.0 Å². The summed E-state index contributed by atoms with van der Waals surface area (Å²) in [6, 6.07) is 0.164. The van der Waals surface area contributed by atoms with E-state index in [-0.39, 0.29) is 42.3 Å². The number of benzene rings is 1. The number of allylic oxidation sites excluding steroid dienone is 1. The summed E-state index contributed by atoms with van der Waals surface area (Å²) in [7, 11) is -1.28. The molecule has 54 heavy (non-hydrogen) atoms. The first-order valence-electron chi connectivity index (χ1n) is 18.3. The van der Waals surface area contributed by atoms with Crippen LogP contribution < -0.4 is 29.6 Å². The van der Waals surface area contributed by atoms with Crippen molar-refractivity contribution >= 4 is 44.6 Å². The van der Waals surface area contributed by atoms with Gasteiger partial charge >= 0.3 is 6.09 Å². The molecule has 15 nitrogen and oxygen atoms in total. The third-order valence-corrected chi connectivity index (χ3v) is 13.6. The summed E-state index contributed by atoms with van der Waals surface area (Å²) >= 11 is 0. The highest BCUT2D eigenvalue weighted by atomic mass is 32.2. The van der Waals surface area contributed by atoms with Crippen molar-refractivity contribution in [1.29, 1.82) is 0 Å². The number of hydrogen-bond acceptors (Lipinski definition) is 10. The molecule has 3 heterocycles. The predicted octanol–water partition coefficient (Wildman–Crippen LogP) is 3.65. The molecule has 6 rings (SSSR count). The highest BCUT2D eigenvalue weighted by molar-refractivity contribution is 7.91. The fourth-order valence-corrected chi connectivity index (χ4v) is 9.02. The van der Waals surface area contributed by atoms with Gasteiger partial charge in [-0.15, -0.1) is 0 Å². The minimum Gasteiger partial charge on any atom is -0.494 e. The van der Waals surface area contributed by atoms with Crippen LogP contribution in [-0.4, -0.2) is 96.5 Å². The van der Waals surface area contributed by atoms with Crippen molar-refractivity contribution < 1.29 is 51.3 Å². The van der Waals surface area contributed by atoms with Crippen LogP contribution in [0.2, 0.25) is 0 Å². The Balaban J connectivity index is 1.37. The van der Waals surface area contributed by atoms with Crippen LogP contribution in [0.3, 0.4) is 0 Å². The second-order valence-corrected chi connectivity index (χ2v) is 17.4. The Bertz CT molecular complexity index is 1970. The number of carbonyl (C=O) groups is 4. The SMILES string of the molecule is CC[C@@H]1C[C@@H](C)CCC=C[C@@H]2C[C@@]2(C(=O)NS(=O)(=O)C2(C)CC2)NC(=O)[C@@H]2C[C@@H](Oc3ncc(OC)c4cc(OC)c(F)cc34)CN2C(=O)[C@H]1NC(=O)O. The van der Waals surface area contributed by atoms with Gasteiger partial charge in [0, 0.05) is 17.7 Å². The lowest BCUT2D eigenvalue weighted by Gasteiger charge is -2.33. The molecule has 2 aliphatic heterocycles. The van der Waals surface area contributed by atoms with Gasteiger partial charge in [0.25, 0.3) is 5.91 Å². The van der Waals surface area contributed by atoms with Gasteiger partial charge in [-0.1, -0.05) is 32.4 Å². The highest BCUT2D eigenvalue weighted by Crippen LogP contribution is 2.48. The quantitative estimate of drug-likeness (QED) is 0.271. The zero-order valence-corrected chi connectivity index (χ0v) is 31.8. The second kappa shape index (κ2) is 14.9. The summed E-state index contributed by atoms with van der Waals surface area (Å²) in [5.74, 6) is -3.47. The summed E-state index contributed by atoms with van der Waals surface area (Å²) in [4.78, 5) is 60.5. The van der Waals surface area contributed by atoms with Crippen molar-refractivity contribution in [3.05, 3.63) is 36.3 Å². The van der Waals surface area contributed by atoms with Gasteiger partial charge in [-0.25, -0.2) is 22.6 Å². The van der Waals surface area contributed by atoms with E-state index in [4.69, 9.17) is 14.2 Å². The van der Waals surface area contributed by atoms with Crippen molar-refractivity contribution in [2.75, 3.05) is 20.8 Å². The summed E-state index contributed by atoms with van der Waals surface area (Å²) in [5, 5.41) is 15.8. The lowest BCUT2D eigenvalue weighted by Crippen LogP contribution is -2.59. The number of amides is 4. The number of carbonyl (C=O) groups excluding carboxylic acids is 3. The summed E-state index contributed by atoms with van der Waals surface area (Å²) in [6.07, 6.45) is 6.00. The molecule has 17 heteroatoms. The number of methoxy groups -OCH3 is 2. The Kier molecular flexibility index (Phi) is 10.7. The molecule has 7 atom stereocenters. The molecule has 4 N–H and O–H groups in total. The summed E-state index contributed by atoms with van der Waals surface area (Å²) in [6.45, 7) is 5.27. The number of pyridine rings is 1. The van der Waals surface area contributed by atoms with Crippen molar-refractivity contribution in [3.8, 4) is 17.4 Å². The van der Waals surface area contributed by atoms with Gasteiger partial charge in [0.2, 0.25) is 27.7 Å². The highest BCUT2D eigenvalue weighted by Gasteiger charge is 2.63. The minimum absolute atomic E-state index is 0.00422. The molecule has 0 unspecified atom stereocenters. The number of halogens is 1. The summed E-state index contributed by atoms with van der Waals surface area (Å²) in [5.41, 5.74) is -1.60. The average Bonchev–Trinajstić information content (AvgIpc) is 4.01. The molecule has 1 aromatic carbocycles. The zero-order valence-electron chi connectivity index (χ0n) is 31.0. The van der Waals surface area contributed by atoms with E-state index in [1.54, 1.807) is 6.92 Å². The number of hydrogen-bond donors (Lipinski definition) is 4. The van der Waals surface area contributed by atoms with Gasteiger partial charge in [-0.3, -0.25) is 19.1 Å². The molecule has 294 valence electrons. The molecule has 0 bridgehead atoms. The van der Waals surface area contributed by atoms with Gasteiger partial charge in [-0.2, -0.15) is 0 Å². The first-order chi connectivity index (χ1) is 25.6. The molecule has 4 amide bonds. The van der Waals surface area contributed by atoms with Crippen LogP contribution in [0.15, 0.2) is 30.5 Å². The predicted molar refractivity (Wildman–Crippen MR) is 194 cm³/mol. The third-order valence-electron chi connectivity index (χ3n) is 11.5. The van der Waals surface area contributed by atoms with Crippen LogP contribution in [-0.2, 0) is 24.4 Å². The number of rotatable bonds is 9. The molecule has 2 aromatic rings. The van der Waals surface area contributed by atoms with Gasteiger partial charge < -0.3 is 34.9 Å². The van der Waals surface area contributed by atoms with Gasteiger partial charge in [0.05, 0.1) is 37.1 Å². The van der Waals surface area contributed by atoms with E-state index in [9.17, 15) is 37.1 Å². The molecular weight excluding hydrogens is 725 g/mol. The molecule has 1 saturated heterocycles. The largest absolute Gasteiger partial charge is 0.494 e. The van der Waals surface area contributed by atoms with Crippen LogP contribution in [0.25, 0.3) is 10.8 Å². The van der Waals surface area contributed by atoms with E-state index < -0.39 is 80.0 Å². The maximum absolute atomic E-state index is 15.0. The molecule has 1 aromatic heterocycles. The molecular formula is C37H48FN5O10S. The number of nitrogens with zero attached hydrogens (tertiary/aromatic N) is 2. The topological polar surface area (TPSA) is 203 Å². The number of sulfonamides is 1. The van der Waals surface area contributed by atoms with Crippen LogP contribution in [0.1, 0.15) is 72.1 Å². The fraction of sp³-hybridized carbons (Fsp3) is 0.595. The Morgan fingerprint density at radius 2 is 1.85 bits per heavy atom. The van der Waals surface area contributed by atoms with Crippen molar-refractivity contribution in [3.63, 3.8) is 0 Å². The number of nitrogens with one attached hydrogen (secondary N) is 3. The first kappa shape index (κ1) is 39.0. The van der Waals surface area contributed by atoms with Crippen LogP contribution in [0.4, 0.5) is 9.18 Å². The van der Waals surface area contributed by atoms with Gasteiger partial charge in [-0.05, 0) is 69.4 Å². The Labute approximate surface area is 313 Å². The first-order valence-corrected chi connectivity index (χ1v) is 19.8. The Morgan fingerprint density at radius 3 is 2.50 bits per heavy atom. The number of fused-ring (bicyclic) bond motifs is 3. The summed E-state index contributed by atoms with van der Waals surface area (Å²) < 4.78 is 59.3. The second-order valence-electron chi connectivity index (χ2n) is 15.2. The van der Waals surface area contributed by atoms with E-state index in [2.05, 4.69) is 20.3 Å². The lowest BCUT2D eigenvalue weighted by molar-refractivity contribution is -0.142. The van der Waals surface area contributed by atoms with Crippen molar-refractivity contribution in [1.82, 2.24) is 25.2 Å². The Hall–Kier alpha value is -4.67. The maximum atomic E-state index is 15.0. The number of carboxylic acid groups (broad SMARTS) is 1. The van der Waals surface area contributed by atoms with Crippen molar-refractivity contribution in [2.24, 2.45) is 17.8 Å². The van der Waals surface area contributed by atoms with E-state index >= 15 is 0 Å². The van der Waals surface area contributed by atoms with Crippen LogP contribution in [0, 0.1) is 23.6 Å². The number of ether oxygens (including phenoxy) is 3. The van der Waals surface area contributed by atoms with Gasteiger partial charge in [0.15, 0.2) is 11.6 Å². The van der Waals surface area contributed by atoms with Crippen LogP contribution in [0.5, 0.6) is 17.4 Å². The number of aromatic nitrogens is 1. The fourth-order valence-electron chi connectivity index (χ4n) is 7.71. The monoisotopic (exact) mass is 773 g/mol. The van der Waals surface area contributed by atoms with Crippen molar-refractivity contribution in [2.45, 2.75) is 101 Å².